The molecule has 0 bridgehead atoms. The first-order chi connectivity index (χ1) is 9.25. The van der Waals surface area contributed by atoms with Crippen LogP contribution in [0, 0.1) is 0 Å². The van der Waals surface area contributed by atoms with Crippen LogP contribution in [0.4, 0.5) is 5.95 Å². The minimum atomic E-state index is 0.202. The highest BCUT2D eigenvalue weighted by molar-refractivity contribution is 7.99. The lowest BCUT2D eigenvalue weighted by molar-refractivity contribution is 0.373. The lowest BCUT2D eigenvalue weighted by atomic mass is 10.3. The summed E-state index contributed by atoms with van der Waals surface area (Å²) in [4.78, 5) is 13.1. The molecule has 19 heavy (non-hydrogen) atoms. The highest BCUT2D eigenvalue weighted by Crippen LogP contribution is 2.28. The van der Waals surface area contributed by atoms with Crippen LogP contribution in [-0.2, 0) is 0 Å². The molecule has 7 nitrogen and oxygen atoms in total. The van der Waals surface area contributed by atoms with Gasteiger partial charge < -0.3 is 9.47 Å². The van der Waals surface area contributed by atoms with Gasteiger partial charge in [-0.15, -0.1) is 0 Å². The number of benzene rings is 1. The molecule has 1 aromatic heterocycles. The first-order valence-electron chi connectivity index (χ1n) is 5.33. The zero-order valence-corrected chi connectivity index (χ0v) is 11.3. The van der Waals surface area contributed by atoms with Crippen LogP contribution in [0.3, 0.4) is 0 Å². The summed E-state index contributed by atoms with van der Waals surface area (Å²) in [6, 6.07) is 7.77. The van der Waals surface area contributed by atoms with Crippen molar-refractivity contribution in [2.24, 2.45) is 5.84 Å². The molecule has 1 heterocycles. The van der Waals surface area contributed by atoms with Gasteiger partial charge in [-0.25, -0.2) is 5.84 Å². The van der Waals surface area contributed by atoms with Crippen molar-refractivity contribution in [1.29, 1.82) is 0 Å². The number of nitrogen functional groups attached to an aromatic ring is 1. The Kier molecular flexibility index (Phi) is 4.37. The molecule has 0 spiro atoms. The molecule has 2 rings (SSSR count). The maximum Gasteiger partial charge on any atom is 0.322 e. The van der Waals surface area contributed by atoms with E-state index in [1.807, 2.05) is 24.3 Å². The molecular formula is C11H13N5O2S. The fourth-order valence-electron chi connectivity index (χ4n) is 1.31. The van der Waals surface area contributed by atoms with Crippen molar-refractivity contribution in [1.82, 2.24) is 15.0 Å². The van der Waals surface area contributed by atoms with Gasteiger partial charge in [0.05, 0.1) is 14.2 Å². The summed E-state index contributed by atoms with van der Waals surface area (Å²) in [5.41, 5.74) is 2.37. The smallest absolute Gasteiger partial charge is 0.322 e. The Morgan fingerprint density at radius 1 is 1.16 bits per heavy atom. The van der Waals surface area contributed by atoms with Crippen LogP contribution in [0.15, 0.2) is 34.3 Å². The molecule has 0 saturated heterocycles. The van der Waals surface area contributed by atoms with Crippen LogP contribution in [0.5, 0.6) is 11.8 Å². The number of nitrogens with zero attached hydrogens (tertiary/aromatic N) is 3. The Bertz CT molecular complexity index is 544. The van der Waals surface area contributed by atoms with Gasteiger partial charge >= 0.3 is 6.01 Å². The van der Waals surface area contributed by atoms with Crippen LogP contribution in [0.25, 0.3) is 0 Å². The second-order valence-corrected chi connectivity index (χ2v) is 4.39. The fraction of sp³-hybridized carbons (Fsp3) is 0.182. The highest BCUT2D eigenvalue weighted by Gasteiger charge is 2.08. The number of hydrazine groups is 1. The predicted octanol–water partition coefficient (Wildman–Crippen LogP) is 1.33. The van der Waals surface area contributed by atoms with Gasteiger partial charge in [0, 0.05) is 4.90 Å². The number of rotatable bonds is 5. The van der Waals surface area contributed by atoms with E-state index in [1.165, 1.54) is 18.9 Å². The van der Waals surface area contributed by atoms with Gasteiger partial charge in [0.25, 0.3) is 0 Å². The van der Waals surface area contributed by atoms with Gasteiger partial charge in [0.15, 0.2) is 0 Å². The number of methoxy groups -OCH3 is 2. The molecule has 0 aliphatic rings. The van der Waals surface area contributed by atoms with E-state index in [-0.39, 0.29) is 12.0 Å². The Hall–Kier alpha value is -2.06. The lowest BCUT2D eigenvalue weighted by Crippen LogP contribution is -2.12. The van der Waals surface area contributed by atoms with Crippen molar-refractivity contribution in [2.75, 3.05) is 19.6 Å². The van der Waals surface area contributed by atoms with Crippen molar-refractivity contribution >= 4 is 17.7 Å². The fourth-order valence-corrected chi connectivity index (χ4v) is 2.10. The largest absolute Gasteiger partial charge is 0.497 e. The van der Waals surface area contributed by atoms with Crippen molar-refractivity contribution in [3.63, 3.8) is 0 Å². The number of hydrogen-bond donors (Lipinski definition) is 2. The van der Waals surface area contributed by atoms with Crippen molar-refractivity contribution in [3.05, 3.63) is 24.3 Å². The second kappa shape index (κ2) is 6.21. The molecule has 0 amide bonds. The molecule has 0 atom stereocenters. The molecule has 0 aliphatic carbocycles. The number of aromatic nitrogens is 3. The molecule has 0 aliphatic heterocycles. The van der Waals surface area contributed by atoms with Crippen LogP contribution in [0.1, 0.15) is 0 Å². The van der Waals surface area contributed by atoms with Crippen LogP contribution in [0.2, 0.25) is 0 Å². The molecule has 0 unspecified atom stereocenters. The van der Waals surface area contributed by atoms with Crippen LogP contribution >= 0.6 is 11.8 Å². The van der Waals surface area contributed by atoms with E-state index >= 15 is 0 Å². The summed E-state index contributed by atoms with van der Waals surface area (Å²) in [5.74, 6) is 6.31. The van der Waals surface area contributed by atoms with Gasteiger partial charge in [0.2, 0.25) is 11.1 Å². The molecule has 1 aromatic carbocycles. The number of nitrogens with one attached hydrogen (secondary N) is 1. The maximum absolute atomic E-state index is 5.29. The number of anilines is 1. The van der Waals surface area contributed by atoms with Crippen molar-refractivity contribution in [2.45, 2.75) is 10.1 Å². The Morgan fingerprint density at radius 2 is 2.00 bits per heavy atom. The Balaban J connectivity index is 2.26. The van der Waals surface area contributed by atoms with Gasteiger partial charge in [-0.1, -0.05) is 6.07 Å². The monoisotopic (exact) mass is 279 g/mol. The van der Waals surface area contributed by atoms with E-state index in [1.54, 1.807) is 7.11 Å². The summed E-state index contributed by atoms with van der Waals surface area (Å²) in [6.07, 6.45) is 0. The molecule has 100 valence electrons. The average Bonchev–Trinajstić information content (AvgIpc) is 2.47. The number of ether oxygens (including phenoxy) is 2. The zero-order valence-electron chi connectivity index (χ0n) is 10.5. The SMILES string of the molecule is COc1cccc(Sc2nc(NN)nc(OC)n2)c1. The first kappa shape index (κ1) is 13.4. The standard InChI is InChI=1S/C11H13N5O2S/c1-17-7-4-3-5-8(6-7)19-11-14-9(16-12)13-10(15-11)18-2/h3-6H,12H2,1-2H3,(H,13,14,15,16). The van der Waals surface area contributed by atoms with E-state index in [9.17, 15) is 0 Å². The topological polar surface area (TPSA) is 95.2 Å². The lowest BCUT2D eigenvalue weighted by Gasteiger charge is -2.06. The third kappa shape index (κ3) is 3.46. The quantitative estimate of drug-likeness (QED) is 0.625. The Labute approximate surface area is 114 Å². The summed E-state index contributed by atoms with van der Waals surface area (Å²) in [5, 5.41) is 0.480. The third-order valence-electron chi connectivity index (χ3n) is 2.16. The predicted molar refractivity (Wildman–Crippen MR) is 71.3 cm³/mol. The molecule has 3 N–H and O–H groups in total. The summed E-state index contributed by atoms with van der Waals surface area (Å²) < 4.78 is 10.1. The molecule has 8 heteroatoms. The van der Waals surface area contributed by atoms with E-state index in [2.05, 4.69) is 20.4 Å². The third-order valence-corrected chi connectivity index (χ3v) is 3.01. The zero-order chi connectivity index (χ0) is 13.7. The van der Waals surface area contributed by atoms with E-state index in [0.29, 0.717) is 5.16 Å². The van der Waals surface area contributed by atoms with E-state index in [0.717, 1.165) is 10.6 Å². The van der Waals surface area contributed by atoms with E-state index in [4.69, 9.17) is 15.3 Å². The first-order valence-corrected chi connectivity index (χ1v) is 6.15. The van der Waals surface area contributed by atoms with Gasteiger partial charge in [-0.3, -0.25) is 5.43 Å². The van der Waals surface area contributed by atoms with Crippen molar-refractivity contribution < 1.29 is 9.47 Å². The maximum atomic E-state index is 5.29. The minimum absolute atomic E-state index is 0.202. The van der Waals surface area contributed by atoms with Gasteiger partial charge in [0.1, 0.15) is 5.75 Å². The molecule has 0 fully saturated rings. The van der Waals surface area contributed by atoms with Crippen LogP contribution in [-0.4, -0.2) is 29.2 Å². The summed E-state index contributed by atoms with van der Waals surface area (Å²) >= 11 is 1.36. The molecular weight excluding hydrogens is 266 g/mol. The second-order valence-electron chi connectivity index (χ2n) is 3.35. The normalized spacial score (nSPS) is 10.1. The number of hydrogen-bond acceptors (Lipinski definition) is 8. The van der Waals surface area contributed by atoms with E-state index < -0.39 is 0 Å². The molecule has 2 aromatic rings. The van der Waals surface area contributed by atoms with Gasteiger partial charge in [-0.05, 0) is 30.0 Å². The summed E-state index contributed by atoms with van der Waals surface area (Å²) in [6.45, 7) is 0. The Morgan fingerprint density at radius 3 is 2.68 bits per heavy atom. The van der Waals surface area contributed by atoms with Gasteiger partial charge in [-0.2, -0.15) is 15.0 Å². The number of nitrogens with two attached hydrogens (primary N) is 1. The average molecular weight is 279 g/mol. The minimum Gasteiger partial charge on any atom is -0.497 e. The summed E-state index contributed by atoms with van der Waals surface area (Å²) in [7, 11) is 3.10. The molecule has 0 saturated carbocycles. The van der Waals surface area contributed by atoms with Crippen molar-refractivity contribution in [3.8, 4) is 11.8 Å². The highest BCUT2D eigenvalue weighted by atomic mass is 32.2. The van der Waals surface area contributed by atoms with Crippen LogP contribution < -0.4 is 20.7 Å². The molecule has 0 radical (unpaired) electrons.